The van der Waals surface area contributed by atoms with Crippen molar-refractivity contribution in [1.82, 2.24) is 4.57 Å². The van der Waals surface area contributed by atoms with Crippen molar-refractivity contribution in [1.29, 1.82) is 0 Å². The van der Waals surface area contributed by atoms with Gasteiger partial charge in [-0.05, 0) is 89.2 Å². The van der Waals surface area contributed by atoms with E-state index >= 15 is 0 Å². The van der Waals surface area contributed by atoms with Crippen LogP contribution in [-0.4, -0.2) is 4.57 Å². The van der Waals surface area contributed by atoms with E-state index < -0.39 is 0 Å². The topological polar surface area (TPSA) is 4.93 Å². The summed E-state index contributed by atoms with van der Waals surface area (Å²) in [4.78, 5) is 0. The van der Waals surface area contributed by atoms with Gasteiger partial charge in [-0.3, -0.25) is 0 Å². The molecule has 180 valence electrons. The van der Waals surface area contributed by atoms with Crippen LogP contribution in [0.25, 0.3) is 50.6 Å². The summed E-state index contributed by atoms with van der Waals surface area (Å²) in [5, 5.41) is 1.19. The molecule has 37 heavy (non-hydrogen) atoms. The van der Waals surface area contributed by atoms with E-state index in [1.807, 2.05) is 24.3 Å². The molecular formula is C36H31N. The van der Waals surface area contributed by atoms with Crippen LogP contribution in [0.3, 0.4) is 0 Å². The number of rotatable bonds is 7. The Morgan fingerprint density at radius 1 is 0.730 bits per heavy atom. The third-order valence-electron chi connectivity index (χ3n) is 6.84. The minimum absolute atomic E-state index is 0.996. The number of hydrogen-bond acceptors (Lipinski definition) is 0. The predicted molar refractivity (Wildman–Crippen MR) is 162 cm³/mol. The standard InChI is InChI=1S/C36H31N/c1-5-13-34(6-2)37-35-21-20-31(24-33(35)25-36(37)29-16-11-8-12-17-29)30-19-18-26(3)32(23-30)22-27(4)28-14-9-7-10-15-28/h5-25H,1-2H2,3-4H3/b27-22+,34-13+. The monoisotopic (exact) mass is 477 g/mol. The van der Waals surface area contributed by atoms with Gasteiger partial charge in [-0.1, -0.05) is 104 Å². The first-order valence-corrected chi connectivity index (χ1v) is 12.6. The van der Waals surface area contributed by atoms with Crippen molar-refractivity contribution in [2.24, 2.45) is 0 Å². The average molecular weight is 478 g/mol. The summed E-state index contributed by atoms with van der Waals surface area (Å²) in [6.07, 6.45) is 7.98. The number of hydrogen-bond donors (Lipinski definition) is 0. The molecule has 0 amide bonds. The molecule has 1 heterocycles. The molecule has 0 radical (unpaired) electrons. The molecular weight excluding hydrogens is 446 g/mol. The number of fused-ring (bicyclic) bond motifs is 1. The van der Waals surface area contributed by atoms with Crippen LogP contribution in [0, 0.1) is 6.92 Å². The van der Waals surface area contributed by atoms with Crippen LogP contribution in [0.2, 0.25) is 0 Å². The molecule has 0 atom stereocenters. The molecule has 4 aromatic carbocycles. The quantitative estimate of drug-likeness (QED) is 0.162. The molecule has 0 bridgehead atoms. The van der Waals surface area contributed by atoms with Crippen LogP contribution < -0.4 is 0 Å². The third kappa shape index (κ3) is 4.90. The molecule has 1 aromatic heterocycles. The molecule has 0 saturated carbocycles. The lowest BCUT2D eigenvalue weighted by Crippen LogP contribution is -1.97. The number of aromatic nitrogens is 1. The van der Waals surface area contributed by atoms with Gasteiger partial charge in [0.15, 0.2) is 0 Å². The van der Waals surface area contributed by atoms with Crippen LogP contribution in [0.1, 0.15) is 23.6 Å². The van der Waals surface area contributed by atoms with Gasteiger partial charge in [-0.2, -0.15) is 0 Å². The van der Waals surface area contributed by atoms with Crippen molar-refractivity contribution < 1.29 is 0 Å². The van der Waals surface area contributed by atoms with E-state index in [2.05, 4.69) is 135 Å². The summed E-state index contributed by atoms with van der Waals surface area (Å²) in [6.45, 7) is 12.3. The minimum Gasteiger partial charge on any atom is -0.309 e. The highest BCUT2D eigenvalue weighted by atomic mass is 15.0. The lowest BCUT2D eigenvalue weighted by atomic mass is 9.96. The van der Waals surface area contributed by atoms with E-state index in [-0.39, 0.29) is 0 Å². The minimum atomic E-state index is 0.996. The Balaban J connectivity index is 1.63. The number of allylic oxidation sites excluding steroid dienone is 5. The lowest BCUT2D eigenvalue weighted by molar-refractivity contribution is 1.19. The Bertz CT molecular complexity index is 1640. The summed E-state index contributed by atoms with van der Waals surface area (Å²) in [7, 11) is 0. The van der Waals surface area contributed by atoms with E-state index in [1.165, 1.54) is 38.8 Å². The zero-order valence-corrected chi connectivity index (χ0v) is 21.5. The molecule has 5 rings (SSSR count). The van der Waals surface area contributed by atoms with Gasteiger partial charge in [-0.25, -0.2) is 0 Å². The summed E-state index contributed by atoms with van der Waals surface area (Å²) in [5.74, 6) is 0. The molecule has 0 spiro atoms. The van der Waals surface area contributed by atoms with Gasteiger partial charge in [0.25, 0.3) is 0 Å². The van der Waals surface area contributed by atoms with E-state index in [1.54, 1.807) is 0 Å². The Morgan fingerprint density at radius 2 is 1.41 bits per heavy atom. The van der Waals surface area contributed by atoms with E-state index in [0.29, 0.717) is 0 Å². The molecule has 0 saturated heterocycles. The molecule has 0 aliphatic rings. The number of nitrogens with zero attached hydrogens (tertiary/aromatic N) is 1. The first-order valence-electron chi connectivity index (χ1n) is 12.6. The average Bonchev–Trinajstić information content (AvgIpc) is 3.32. The van der Waals surface area contributed by atoms with Crippen molar-refractivity contribution in [2.45, 2.75) is 13.8 Å². The van der Waals surface area contributed by atoms with Crippen LogP contribution in [0.4, 0.5) is 0 Å². The Kier molecular flexibility index (Phi) is 6.87. The molecule has 0 aliphatic heterocycles. The fourth-order valence-electron chi connectivity index (χ4n) is 4.84. The maximum atomic E-state index is 4.06. The lowest BCUT2D eigenvalue weighted by Gasteiger charge is -2.12. The van der Waals surface area contributed by atoms with Crippen LogP contribution in [0.15, 0.2) is 135 Å². The van der Waals surface area contributed by atoms with E-state index in [0.717, 1.165) is 22.5 Å². The normalized spacial score (nSPS) is 12.1. The van der Waals surface area contributed by atoms with Gasteiger partial charge in [0.2, 0.25) is 0 Å². The first-order chi connectivity index (χ1) is 18.1. The molecule has 5 aromatic rings. The highest BCUT2D eigenvalue weighted by Gasteiger charge is 2.14. The van der Waals surface area contributed by atoms with Crippen LogP contribution >= 0.6 is 0 Å². The second-order valence-electron chi connectivity index (χ2n) is 9.30. The summed E-state index contributed by atoms with van der Waals surface area (Å²) in [5.41, 5.74) is 11.8. The Hall–Kier alpha value is -4.62. The Morgan fingerprint density at radius 3 is 2.11 bits per heavy atom. The van der Waals surface area contributed by atoms with Crippen molar-refractivity contribution in [3.05, 3.63) is 151 Å². The molecule has 0 N–H and O–H groups in total. The maximum absolute atomic E-state index is 4.06. The number of aryl methyl sites for hydroxylation is 1. The summed E-state index contributed by atoms with van der Waals surface area (Å²) < 4.78 is 2.26. The second-order valence-corrected chi connectivity index (χ2v) is 9.30. The van der Waals surface area contributed by atoms with Crippen LogP contribution in [0.5, 0.6) is 0 Å². The fraction of sp³-hybridized carbons (Fsp3) is 0.0556. The van der Waals surface area contributed by atoms with E-state index in [4.69, 9.17) is 0 Å². The van der Waals surface area contributed by atoms with Gasteiger partial charge in [-0.15, -0.1) is 0 Å². The molecule has 0 aliphatic carbocycles. The zero-order valence-electron chi connectivity index (χ0n) is 21.5. The second kappa shape index (κ2) is 10.6. The third-order valence-corrected chi connectivity index (χ3v) is 6.84. The summed E-state index contributed by atoms with van der Waals surface area (Å²) >= 11 is 0. The smallest absolute Gasteiger partial charge is 0.0540 e. The van der Waals surface area contributed by atoms with Gasteiger partial charge >= 0.3 is 0 Å². The fourth-order valence-corrected chi connectivity index (χ4v) is 4.84. The van der Waals surface area contributed by atoms with Crippen molar-refractivity contribution >= 4 is 28.2 Å². The molecule has 1 nitrogen and oxygen atoms in total. The van der Waals surface area contributed by atoms with Gasteiger partial charge in [0, 0.05) is 11.1 Å². The SMILES string of the molecule is C=C/C=C(\C=C)n1c(-c2ccccc2)cc2cc(-c3ccc(C)c(/C=C(\C)c4ccccc4)c3)ccc21. The highest BCUT2D eigenvalue weighted by Crippen LogP contribution is 2.35. The van der Waals surface area contributed by atoms with Crippen molar-refractivity contribution in [2.75, 3.05) is 0 Å². The maximum Gasteiger partial charge on any atom is 0.0540 e. The summed E-state index contributed by atoms with van der Waals surface area (Å²) in [6, 6.07) is 36.7. The van der Waals surface area contributed by atoms with Gasteiger partial charge in [0.05, 0.1) is 11.2 Å². The van der Waals surface area contributed by atoms with Crippen molar-refractivity contribution in [3.8, 4) is 22.4 Å². The largest absolute Gasteiger partial charge is 0.309 e. The van der Waals surface area contributed by atoms with Gasteiger partial charge in [0.1, 0.15) is 0 Å². The van der Waals surface area contributed by atoms with E-state index in [9.17, 15) is 0 Å². The number of benzene rings is 4. The van der Waals surface area contributed by atoms with Crippen molar-refractivity contribution in [3.63, 3.8) is 0 Å². The molecule has 0 fully saturated rings. The highest BCUT2D eigenvalue weighted by molar-refractivity contribution is 5.95. The predicted octanol–water partition coefficient (Wildman–Crippen LogP) is 10.1. The molecule has 0 unspecified atom stereocenters. The zero-order chi connectivity index (χ0) is 25.8. The van der Waals surface area contributed by atoms with Gasteiger partial charge < -0.3 is 4.57 Å². The Labute approximate surface area is 220 Å². The van der Waals surface area contributed by atoms with Crippen LogP contribution in [-0.2, 0) is 0 Å². The first kappa shape index (κ1) is 24.1. The molecule has 1 heteroatoms.